The molecule has 31 heavy (non-hydrogen) atoms. The first kappa shape index (κ1) is 19.2. The molecular weight excluding hydrogens is 398 g/mol. The van der Waals surface area contributed by atoms with Crippen molar-refractivity contribution in [1.82, 2.24) is 19.5 Å². The van der Waals surface area contributed by atoms with Crippen molar-refractivity contribution in [1.29, 1.82) is 0 Å². The van der Waals surface area contributed by atoms with Gasteiger partial charge in [-0.3, -0.25) is 4.68 Å². The van der Waals surface area contributed by atoms with E-state index >= 15 is 0 Å². The van der Waals surface area contributed by atoms with Crippen molar-refractivity contribution in [2.24, 2.45) is 7.05 Å². The predicted molar refractivity (Wildman–Crippen MR) is 115 cm³/mol. The summed E-state index contributed by atoms with van der Waals surface area (Å²) >= 11 is 0. The largest absolute Gasteiger partial charge is 0.361 e. The van der Waals surface area contributed by atoms with Crippen molar-refractivity contribution in [2.75, 3.05) is 0 Å². The number of rotatable bonds is 4. The molecule has 0 bridgehead atoms. The van der Waals surface area contributed by atoms with Gasteiger partial charge in [-0.1, -0.05) is 23.4 Å². The van der Waals surface area contributed by atoms with Crippen molar-refractivity contribution < 1.29 is 13.3 Å². The summed E-state index contributed by atoms with van der Waals surface area (Å²) in [5.41, 5.74) is 5.43. The normalized spacial score (nSPS) is 11.5. The van der Waals surface area contributed by atoms with Gasteiger partial charge in [0, 0.05) is 52.6 Å². The van der Waals surface area contributed by atoms with Crippen LogP contribution in [-0.2, 0) is 13.6 Å². The Hall–Kier alpha value is -3.74. The number of nitrogens with zero attached hydrogens (tertiary/aromatic N) is 4. The first-order valence-corrected chi connectivity index (χ1v) is 9.90. The molecule has 0 saturated carbocycles. The highest BCUT2D eigenvalue weighted by atomic mass is 19.1. The lowest BCUT2D eigenvalue weighted by Gasteiger charge is -2.09. The van der Waals surface area contributed by atoms with Crippen molar-refractivity contribution in [3.63, 3.8) is 0 Å². The molecule has 0 spiro atoms. The topological polar surface area (TPSA) is 48.8 Å². The van der Waals surface area contributed by atoms with Crippen LogP contribution in [0.1, 0.15) is 17.0 Å². The number of halogens is 2. The second kappa shape index (κ2) is 7.19. The molecule has 3 aromatic heterocycles. The Morgan fingerprint density at radius 1 is 1.00 bits per heavy atom. The molecular formula is C24H20F2N4O. The van der Waals surface area contributed by atoms with E-state index in [1.165, 1.54) is 18.2 Å². The van der Waals surface area contributed by atoms with Crippen LogP contribution in [0.3, 0.4) is 0 Å². The van der Waals surface area contributed by atoms with Gasteiger partial charge in [0.05, 0.1) is 18.4 Å². The van der Waals surface area contributed by atoms with E-state index in [2.05, 4.69) is 10.3 Å². The van der Waals surface area contributed by atoms with Crippen LogP contribution in [0, 0.1) is 25.5 Å². The maximum atomic E-state index is 14.4. The number of fused-ring (bicyclic) bond motifs is 1. The Morgan fingerprint density at radius 3 is 2.42 bits per heavy atom. The lowest BCUT2D eigenvalue weighted by molar-refractivity contribution is 0.393. The van der Waals surface area contributed by atoms with E-state index in [4.69, 9.17) is 4.52 Å². The summed E-state index contributed by atoms with van der Waals surface area (Å²) < 4.78 is 37.7. The van der Waals surface area contributed by atoms with E-state index in [0.717, 1.165) is 44.6 Å². The number of aryl methyl sites for hydroxylation is 3. The maximum Gasteiger partial charge on any atom is 0.141 e. The molecule has 0 atom stereocenters. The van der Waals surface area contributed by atoms with E-state index in [1.807, 2.05) is 56.1 Å². The van der Waals surface area contributed by atoms with Gasteiger partial charge in [0.2, 0.25) is 0 Å². The summed E-state index contributed by atoms with van der Waals surface area (Å²) in [4.78, 5) is 0. The number of benzene rings is 2. The van der Waals surface area contributed by atoms with E-state index in [-0.39, 0.29) is 12.1 Å². The Bertz CT molecular complexity index is 1390. The van der Waals surface area contributed by atoms with Crippen molar-refractivity contribution in [3.8, 4) is 22.3 Å². The first-order chi connectivity index (χ1) is 14.9. The maximum absolute atomic E-state index is 14.4. The van der Waals surface area contributed by atoms with Crippen LogP contribution in [0.5, 0.6) is 0 Å². The highest BCUT2D eigenvalue weighted by molar-refractivity contribution is 5.98. The average Bonchev–Trinajstić information content (AvgIpc) is 3.42. The Morgan fingerprint density at radius 2 is 1.77 bits per heavy atom. The van der Waals surface area contributed by atoms with Gasteiger partial charge in [0.25, 0.3) is 0 Å². The summed E-state index contributed by atoms with van der Waals surface area (Å²) in [6.45, 7) is 3.83. The second-order valence-corrected chi connectivity index (χ2v) is 7.70. The lowest BCUT2D eigenvalue weighted by Crippen LogP contribution is -2.03. The van der Waals surface area contributed by atoms with Crippen molar-refractivity contribution >= 4 is 10.9 Å². The molecule has 0 fully saturated rings. The summed E-state index contributed by atoms with van der Waals surface area (Å²) in [6.07, 6.45) is 5.63. The van der Waals surface area contributed by atoms with Crippen molar-refractivity contribution in [3.05, 3.63) is 83.6 Å². The Balaban J connectivity index is 1.73. The molecule has 3 heterocycles. The van der Waals surface area contributed by atoms with Crippen molar-refractivity contribution in [2.45, 2.75) is 20.4 Å². The highest BCUT2D eigenvalue weighted by Gasteiger charge is 2.18. The zero-order valence-electron chi connectivity index (χ0n) is 17.4. The third kappa shape index (κ3) is 3.22. The SMILES string of the molecule is Cc1noc(C)c1-c1ccc2c(-c3cnn(C)c3)cn(Cc3c(F)cccc3F)c2c1. The average molecular weight is 418 g/mol. The standard InChI is InChI=1S/C24H20F2N4O/c1-14-24(15(2)31-28-14)16-7-8-18-19(17-10-27-29(3)11-17)12-30(23(18)9-16)13-20-21(25)5-4-6-22(20)26/h4-12H,13H2,1-3H3. The summed E-state index contributed by atoms with van der Waals surface area (Å²) in [6, 6.07) is 9.98. The van der Waals surface area contributed by atoms with Crippen LogP contribution < -0.4 is 0 Å². The molecule has 5 rings (SSSR count). The fourth-order valence-electron chi connectivity index (χ4n) is 4.12. The van der Waals surface area contributed by atoms with Gasteiger partial charge in [-0.05, 0) is 37.6 Å². The smallest absolute Gasteiger partial charge is 0.141 e. The molecule has 5 aromatic rings. The predicted octanol–water partition coefficient (Wildman–Crippen LogP) is 5.64. The molecule has 0 unspecified atom stereocenters. The van der Waals surface area contributed by atoms with Crippen LogP contribution >= 0.6 is 0 Å². The molecule has 0 radical (unpaired) electrons. The zero-order chi connectivity index (χ0) is 21.7. The molecule has 0 aliphatic carbocycles. The van der Waals surface area contributed by atoms with Crippen LogP contribution in [0.2, 0.25) is 0 Å². The van der Waals surface area contributed by atoms with Crippen LogP contribution in [0.15, 0.2) is 59.5 Å². The molecule has 0 amide bonds. The second-order valence-electron chi connectivity index (χ2n) is 7.70. The van der Waals surface area contributed by atoms with Crippen LogP contribution in [0.25, 0.3) is 33.2 Å². The lowest BCUT2D eigenvalue weighted by atomic mass is 10.0. The third-order valence-electron chi connectivity index (χ3n) is 5.61. The van der Waals surface area contributed by atoms with E-state index in [0.29, 0.717) is 0 Å². The quantitative estimate of drug-likeness (QED) is 0.379. The fourth-order valence-corrected chi connectivity index (χ4v) is 4.12. The van der Waals surface area contributed by atoms with Crippen LogP contribution in [0.4, 0.5) is 8.78 Å². The molecule has 7 heteroatoms. The molecule has 0 N–H and O–H groups in total. The van der Waals surface area contributed by atoms with Gasteiger partial charge in [-0.2, -0.15) is 5.10 Å². The monoisotopic (exact) mass is 418 g/mol. The third-order valence-corrected chi connectivity index (χ3v) is 5.61. The molecule has 0 aliphatic heterocycles. The number of hydrogen-bond acceptors (Lipinski definition) is 3. The van der Waals surface area contributed by atoms with E-state index < -0.39 is 11.6 Å². The van der Waals surface area contributed by atoms with Crippen LogP contribution in [-0.4, -0.2) is 19.5 Å². The van der Waals surface area contributed by atoms with Gasteiger partial charge in [-0.25, -0.2) is 8.78 Å². The Labute approximate surface area is 177 Å². The number of hydrogen-bond donors (Lipinski definition) is 0. The molecule has 0 saturated heterocycles. The minimum atomic E-state index is -0.563. The molecule has 5 nitrogen and oxygen atoms in total. The van der Waals surface area contributed by atoms with Gasteiger partial charge in [0.15, 0.2) is 0 Å². The van der Waals surface area contributed by atoms with Gasteiger partial charge < -0.3 is 9.09 Å². The summed E-state index contributed by atoms with van der Waals surface area (Å²) in [5.74, 6) is -0.402. The van der Waals surface area contributed by atoms with Gasteiger partial charge in [0.1, 0.15) is 17.4 Å². The number of aromatic nitrogens is 4. The summed E-state index contributed by atoms with van der Waals surface area (Å²) in [7, 11) is 1.85. The molecule has 0 aliphatic rings. The minimum Gasteiger partial charge on any atom is -0.361 e. The van der Waals surface area contributed by atoms with Gasteiger partial charge >= 0.3 is 0 Å². The van der Waals surface area contributed by atoms with E-state index in [9.17, 15) is 8.78 Å². The highest BCUT2D eigenvalue weighted by Crippen LogP contribution is 2.35. The zero-order valence-corrected chi connectivity index (χ0v) is 17.4. The Kier molecular flexibility index (Phi) is 4.46. The summed E-state index contributed by atoms with van der Waals surface area (Å²) in [5, 5.41) is 9.29. The van der Waals surface area contributed by atoms with Gasteiger partial charge in [-0.15, -0.1) is 0 Å². The first-order valence-electron chi connectivity index (χ1n) is 9.90. The molecule has 156 valence electrons. The minimum absolute atomic E-state index is 0.0277. The molecule has 2 aromatic carbocycles. The van der Waals surface area contributed by atoms with E-state index in [1.54, 1.807) is 10.9 Å². The fraction of sp³-hybridized carbons (Fsp3) is 0.167.